The molecule has 0 saturated heterocycles. The Kier molecular flexibility index (Phi) is 6.66. The Hall–Kier alpha value is -3.83. The van der Waals surface area contributed by atoms with E-state index in [1.54, 1.807) is 19.3 Å². The minimum atomic E-state index is -1.12. The predicted molar refractivity (Wildman–Crippen MR) is 139 cm³/mol. The Morgan fingerprint density at radius 3 is 2.75 bits per heavy atom. The van der Waals surface area contributed by atoms with E-state index in [4.69, 9.17) is 21.7 Å². The van der Waals surface area contributed by atoms with Gasteiger partial charge in [-0.2, -0.15) is 10.2 Å². The maximum atomic E-state index is 12.8. The minimum absolute atomic E-state index is 0.262. The number of rotatable bonds is 6. The largest absolute Gasteiger partial charge is 0.362 e. The topological polar surface area (TPSA) is 132 Å². The molecule has 0 spiro atoms. The lowest BCUT2D eigenvalue weighted by molar-refractivity contribution is 0.286. The first-order valence-corrected chi connectivity index (χ1v) is 13.3. The fourth-order valence-corrected chi connectivity index (χ4v) is 5.91. The summed E-state index contributed by atoms with van der Waals surface area (Å²) in [6.45, 7) is 3.65. The number of amidine groups is 1. The molecule has 2 N–H and O–H groups in total. The fraction of sp³-hybridized carbons (Fsp3) is 0.440. The summed E-state index contributed by atoms with van der Waals surface area (Å²) in [6, 6.07) is 0. The molecule has 1 unspecified atom stereocenters. The molecule has 184 valence electrons. The summed E-state index contributed by atoms with van der Waals surface area (Å²) in [5.41, 5.74) is 2.32. The third-order valence-electron chi connectivity index (χ3n) is 6.82. The van der Waals surface area contributed by atoms with E-state index in [2.05, 4.69) is 42.5 Å². The van der Waals surface area contributed by atoms with E-state index >= 15 is 0 Å². The van der Waals surface area contributed by atoms with Crippen molar-refractivity contribution >= 4 is 34.0 Å². The lowest BCUT2D eigenvalue weighted by Crippen LogP contribution is -2.48. The van der Waals surface area contributed by atoms with Crippen molar-refractivity contribution in [3.63, 3.8) is 0 Å². The number of terminal acetylenes is 1. The zero-order valence-corrected chi connectivity index (χ0v) is 20.9. The summed E-state index contributed by atoms with van der Waals surface area (Å²) < 4.78 is 12.8. The molecule has 1 fully saturated rings. The minimum Gasteiger partial charge on any atom is -0.362 e. The monoisotopic (exact) mass is 501 g/mol. The van der Waals surface area contributed by atoms with Gasteiger partial charge >= 0.3 is 0 Å². The van der Waals surface area contributed by atoms with Gasteiger partial charge in [-0.25, -0.2) is 15.0 Å². The van der Waals surface area contributed by atoms with E-state index in [-0.39, 0.29) is 5.54 Å². The number of nitrogens with zero attached hydrogens (tertiary/aromatic N) is 7. The molecule has 5 rings (SSSR count). The van der Waals surface area contributed by atoms with E-state index in [0.29, 0.717) is 54.3 Å². The van der Waals surface area contributed by atoms with Crippen molar-refractivity contribution in [2.45, 2.75) is 49.5 Å². The van der Waals surface area contributed by atoms with Crippen LogP contribution in [0.2, 0.25) is 0 Å². The van der Waals surface area contributed by atoms with Crippen molar-refractivity contribution < 1.29 is 4.21 Å². The summed E-state index contributed by atoms with van der Waals surface area (Å²) in [6.07, 6.45) is 17.1. The van der Waals surface area contributed by atoms with Gasteiger partial charge in [-0.05, 0) is 38.2 Å². The maximum Gasteiger partial charge on any atom is 0.227 e. The number of aromatic nitrogens is 4. The Balaban J connectivity index is 1.38. The van der Waals surface area contributed by atoms with Crippen molar-refractivity contribution in [3.8, 4) is 18.5 Å². The molecule has 0 amide bonds. The highest BCUT2D eigenvalue weighted by atomic mass is 32.2. The van der Waals surface area contributed by atoms with Crippen molar-refractivity contribution in [1.29, 1.82) is 5.26 Å². The summed E-state index contributed by atoms with van der Waals surface area (Å²) in [5, 5.41) is 15.0. The van der Waals surface area contributed by atoms with Gasteiger partial charge in [0, 0.05) is 37.7 Å². The second kappa shape index (κ2) is 10.0. The zero-order chi connectivity index (χ0) is 25.1. The highest BCUT2D eigenvalue weighted by molar-refractivity contribution is 7.85. The van der Waals surface area contributed by atoms with Crippen molar-refractivity contribution in [3.05, 3.63) is 35.6 Å². The van der Waals surface area contributed by atoms with Crippen LogP contribution in [0.5, 0.6) is 0 Å². The van der Waals surface area contributed by atoms with Crippen molar-refractivity contribution in [1.82, 2.24) is 25.3 Å². The molecule has 1 aliphatic carbocycles. The third-order valence-corrected chi connectivity index (χ3v) is 8.28. The van der Waals surface area contributed by atoms with Gasteiger partial charge in [0.25, 0.3) is 0 Å². The van der Waals surface area contributed by atoms with Crippen LogP contribution in [0.3, 0.4) is 0 Å². The summed E-state index contributed by atoms with van der Waals surface area (Å²) in [5.74, 6) is 5.65. The number of aliphatic imine (C=N–C) groups is 1. The molecule has 2 aliphatic heterocycles. The van der Waals surface area contributed by atoms with Crippen molar-refractivity contribution in [2.24, 2.45) is 4.99 Å². The first kappa shape index (κ1) is 23.9. The lowest BCUT2D eigenvalue weighted by atomic mass is 9.76. The van der Waals surface area contributed by atoms with E-state index in [1.165, 1.54) is 0 Å². The fourth-order valence-electron chi connectivity index (χ4n) is 4.60. The highest BCUT2D eigenvalue weighted by Crippen LogP contribution is 2.39. The predicted octanol–water partition coefficient (Wildman–Crippen LogP) is 2.03. The van der Waals surface area contributed by atoms with Gasteiger partial charge in [-0.1, -0.05) is 12.0 Å². The number of nitrogens with one attached hydrogen (secondary N) is 2. The Bertz CT molecular complexity index is 1330. The van der Waals surface area contributed by atoms with Crippen LogP contribution in [-0.2, 0) is 17.2 Å². The van der Waals surface area contributed by atoms with Crippen molar-refractivity contribution in [2.75, 3.05) is 35.6 Å². The SMILES string of the molecule is C#Cc1cnc(C2=CCN(c3nc4c(c(NC5(CN=C(C)NC#N)CCC5)n3)S(=O)CC4)CC2)nc1. The number of hydrogen-bond acceptors (Lipinski definition) is 9. The van der Waals surface area contributed by atoms with Gasteiger partial charge in [0.1, 0.15) is 16.5 Å². The molecule has 36 heavy (non-hydrogen) atoms. The number of hydrogen-bond donors (Lipinski definition) is 2. The van der Waals surface area contributed by atoms with Gasteiger partial charge in [0.05, 0.1) is 34.1 Å². The molecule has 0 aromatic carbocycles. The van der Waals surface area contributed by atoms with Gasteiger partial charge in [-0.3, -0.25) is 14.5 Å². The van der Waals surface area contributed by atoms with E-state index in [9.17, 15) is 4.21 Å². The molecule has 3 aliphatic rings. The molecule has 2 aromatic heterocycles. The number of nitriles is 1. The van der Waals surface area contributed by atoms with Gasteiger partial charge < -0.3 is 10.2 Å². The van der Waals surface area contributed by atoms with Crippen LogP contribution in [0, 0.1) is 23.8 Å². The van der Waals surface area contributed by atoms with E-state index in [1.807, 2.05) is 6.19 Å². The smallest absolute Gasteiger partial charge is 0.227 e. The Labute approximate surface area is 212 Å². The average molecular weight is 502 g/mol. The molecule has 1 atom stereocenters. The molecular formula is C25H27N9OS. The Morgan fingerprint density at radius 1 is 1.31 bits per heavy atom. The molecule has 1 saturated carbocycles. The first-order valence-electron chi connectivity index (χ1n) is 12.0. The first-order chi connectivity index (χ1) is 17.5. The van der Waals surface area contributed by atoms with Crippen LogP contribution in [0.4, 0.5) is 11.8 Å². The Morgan fingerprint density at radius 2 is 2.11 bits per heavy atom. The molecule has 11 heteroatoms. The normalized spacial score (nSPS) is 20.4. The van der Waals surface area contributed by atoms with Crippen LogP contribution in [-0.4, -0.2) is 60.9 Å². The standard InChI is InChI=1S/C25H27N9OS/c1-3-18-13-27-22(28-14-18)19-5-10-34(11-6-19)24-31-20-7-12-36(35)21(20)23(32-24)33-25(8-4-9-25)15-29-17(2)30-16-26/h1,5,13-14H,4,6-12,15H2,2H3,(H,29,30)(H,31,32,33). The number of anilines is 2. The second-order valence-corrected chi connectivity index (χ2v) is 10.7. The van der Waals surface area contributed by atoms with Crippen LogP contribution < -0.4 is 15.5 Å². The molecule has 10 nitrogen and oxygen atoms in total. The summed E-state index contributed by atoms with van der Waals surface area (Å²) in [7, 11) is -1.12. The second-order valence-electron chi connectivity index (χ2n) is 9.21. The molecule has 0 bridgehead atoms. The molecule has 4 heterocycles. The summed E-state index contributed by atoms with van der Waals surface area (Å²) in [4.78, 5) is 25.8. The zero-order valence-electron chi connectivity index (χ0n) is 20.1. The van der Waals surface area contributed by atoms with Crippen LogP contribution in [0.1, 0.15) is 49.7 Å². The molecular weight excluding hydrogens is 474 g/mol. The van der Waals surface area contributed by atoms with Gasteiger partial charge in [0.15, 0.2) is 12.0 Å². The lowest BCUT2D eigenvalue weighted by Gasteiger charge is -2.42. The van der Waals surface area contributed by atoms with Gasteiger partial charge in [-0.15, -0.1) is 6.42 Å². The highest BCUT2D eigenvalue weighted by Gasteiger charge is 2.39. The van der Waals surface area contributed by atoms with Crippen LogP contribution in [0.15, 0.2) is 28.4 Å². The van der Waals surface area contributed by atoms with Crippen LogP contribution >= 0.6 is 0 Å². The van der Waals surface area contributed by atoms with E-state index in [0.717, 1.165) is 48.4 Å². The average Bonchev–Trinajstić information content (AvgIpc) is 3.26. The number of fused-ring (bicyclic) bond motifs is 1. The van der Waals surface area contributed by atoms with Crippen LogP contribution in [0.25, 0.3) is 5.57 Å². The quantitative estimate of drug-likeness (QED) is 0.201. The van der Waals surface area contributed by atoms with Gasteiger partial charge in [0.2, 0.25) is 5.95 Å². The third kappa shape index (κ3) is 4.79. The van der Waals surface area contributed by atoms with E-state index < -0.39 is 10.8 Å². The maximum absolute atomic E-state index is 12.8. The molecule has 0 radical (unpaired) electrons. The molecule has 2 aromatic rings. The number of aryl methyl sites for hydroxylation is 1. The summed E-state index contributed by atoms with van der Waals surface area (Å²) >= 11 is 0.